The molecule has 0 bridgehead atoms. The van der Waals surface area contributed by atoms with E-state index in [9.17, 15) is 4.79 Å². The molecule has 0 aromatic carbocycles. The van der Waals surface area contributed by atoms with E-state index in [1.807, 2.05) is 39.6 Å². The Hall–Kier alpha value is -1.65. The van der Waals surface area contributed by atoms with Gasteiger partial charge in [0.2, 0.25) is 5.91 Å². The lowest BCUT2D eigenvalue weighted by Gasteiger charge is -2.36. The maximum absolute atomic E-state index is 12.0. The zero-order valence-electron chi connectivity index (χ0n) is 10.9. The lowest BCUT2D eigenvalue weighted by Crippen LogP contribution is -2.49. The smallest absolute Gasteiger partial charge is 0.247 e. The van der Waals surface area contributed by atoms with E-state index in [0.717, 1.165) is 23.0 Å². The van der Waals surface area contributed by atoms with Crippen molar-refractivity contribution in [3.05, 3.63) is 11.5 Å². The molecule has 2 rings (SSSR count). The molecular formula is C12H18N4O. The summed E-state index contributed by atoms with van der Waals surface area (Å²) in [5, 5.41) is 2.91. The Balaban J connectivity index is 2.54. The van der Waals surface area contributed by atoms with Gasteiger partial charge in [0.05, 0.1) is 5.69 Å². The van der Waals surface area contributed by atoms with Crippen LogP contribution in [0.25, 0.3) is 0 Å². The maximum atomic E-state index is 12.0. The Morgan fingerprint density at radius 3 is 2.53 bits per heavy atom. The van der Waals surface area contributed by atoms with Crippen LogP contribution < -0.4 is 10.2 Å². The highest BCUT2D eigenvalue weighted by molar-refractivity contribution is 6.03. The van der Waals surface area contributed by atoms with Crippen molar-refractivity contribution in [2.45, 2.75) is 33.7 Å². The summed E-state index contributed by atoms with van der Waals surface area (Å²) in [7, 11) is 1.91. The van der Waals surface area contributed by atoms with E-state index >= 15 is 0 Å². The first-order valence-corrected chi connectivity index (χ1v) is 5.80. The minimum absolute atomic E-state index is 0.0190. The van der Waals surface area contributed by atoms with E-state index in [0.29, 0.717) is 0 Å². The van der Waals surface area contributed by atoms with Gasteiger partial charge in [-0.2, -0.15) is 0 Å². The molecule has 0 radical (unpaired) electrons. The molecule has 0 fully saturated rings. The van der Waals surface area contributed by atoms with Gasteiger partial charge in [0.25, 0.3) is 0 Å². The maximum Gasteiger partial charge on any atom is 0.247 e. The van der Waals surface area contributed by atoms with Crippen molar-refractivity contribution in [1.29, 1.82) is 0 Å². The van der Waals surface area contributed by atoms with Gasteiger partial charge in [0, 0.05) is 7.05 Å². The number of aromatic nitrogens is 2. The predicted molar refractivity (Wildman–Crippen MR) is 67.2 cm³/mol. The fourth-order valence-corrected chi connectivity index (χ4v) is 2.35. The van der Waals surface area contributed by atoms with E-state index in [2.05, 4.69) is 15.3 Å². The Bertz CT molecular complexity index is 470. The first-order chi connectivity index (χ1) is 7.91. The normalized spacial score (nSPS) is 19.3. The highest BCUT2D eigenvalue weighted by Crippen LogP contribution is 2.32. The summed E-state index contributed by atoms with van der Waals surface area (Å²) in [5.74, 6) is 1.80. The molecule has 0 saturated heterocycles. The highest BCUT2D eigenvalue weighted by Gasteiger charge is 2.34. The Morgan fingerprint density at radius 1 is 1.29 bits per heavy atom. The molecule has 1 atom stereocenters. The number of nitrogens with one attached hydrogen (secondary N) is 1. The van der Waals surface area contributed by atoms with Crippen molar-refractivity contribution in [2.24, 2.45) is 5.92 Å². The molecule has 5 nitrogen and oxygen atoms in total. The van der Waals surface area contributed by atoms with Gasteiger partial charge in [0.15, 0.2) is 5.82 Å². The number of carbonyl (C=O) groups is 1. The number of hydrogen-bond donors (Lipinski definition) is 1. The van der Waals surface area contributed by atoms with Crippen LogP contribution >= 0.6 is 0 Å². The van der Waals surface area contributed by atoms with Crippen LogP contribution in [0, 0.1) is 19.8 Å². The number of carbonyl (C=O) groups excluding carboxylic acids is 1. The topological polar surface area (TPSA) is 58.1 Å². The molecule has 5 heteroatoms. The molecule has 0 saturated carbocycles. The van der Waals surface area contributed by atoms with Gasteiger partial charge < -0.3 is 10.2 Å². The molecule has 0 unspecified atom stereocenters. The highest BCUT2D eigenvalue weighted by atomic mass is 16.2. The summed E-state index contributed by atoms with van der Waals surface area (Å²) in [6.07, 6.45) is 0. The fraction of sp³-hybridized carbons (Fsp3) is 0.583. The van der Waals surface area contributed by atoms with E-state index in [1.54, 1.807) is 0 Å². The van der Waals surface area contributed by atoms with Crippen LogP contribution in [0.4, 0.5) is 11.5 Å². The average molecular weight is 234 g/mol. The van der Waals surface area contributed by atoms with Gasteiger partial charge in [-0.15, -0.1) is 0 Å². The second-order valence-corrected chi connectivity index (χ2v) is 4.84. The van der Waals surface area contributed by atoms with Crippen molar-refractivity contribution >= 4 is 17.4 Å². The van der Waals surface area contributed by atoms with Crippen molar-refractivity contribution < 1.29 is 4.79 Å². The van der Waals surface area contributed by atoms with Gasteiger partial charge in [-0.25, -0.2) is 9.97 Å². The number of rotatable bonds is 1. The summed E-state index contributed by atoms with van der Waals surface area (Å²) in [6, 6.07) is -0.170. The number of amides is 1. The monoisotopic (exact) mass is 234 g/mol. The summed E-state index contributed by atoms with van der Waals surface area (Å²) in [4.78, 5) is 22.7. The van der Waals surface area contributed by atoms with Crippen molar-refractivity contribution in [1.82, 2.24) is 9.97 Å². The molecule has 1 amide bonds. The second kappa shape index (κ2) is 3.98. The fourth-order valence-electron chi connectivity index (χ4n) is 2.35. The molecule has 1 aliphatic heterocycles. The summed E-state index contributed by atoms with van der Waals surface area (Å²) in [6.45, 7) is 7.82. The third-order valence-electron chi connectivity index (χ3n) is 3.08. The summed E-state index contributed by atoms with van der Waals surface area (Å²) in [5.41, 5.74) is 1.55. The van der Waals surface area contributed by atoms with Crippen LogP contribution in [0.5, 0.6) is 0 Å². The zero-order chi connectivity index (χ0) is 12.7. The average Bonchev–Trinajstić information content (AvgIpc) is 2.19. The standard InChI is InChI=1S/C12H18N4O/c1-6(2)10-12(17)15-9-7(3)13-8(4)14-11(9)16(10)5/h6,10H,1-5H3,(H,15,17)/t10-/m0/s1. The number of anilines is 2. The van der Waals surface area contributed by atoms with Gasteiger partial charge in [-0.05, 0) is 19.8 Å². The van der Waals surface area contributed by atoms with E-state index in [1.165, 1.54) is 0 Å². The molecule has 1 aliphatic rings. The Labute approximate surface area is 101 Å². The molecule has 1 N–H and O–H groups in total. The lowest BCUT2D eigenvalue weighted by molar-refractivity contribution is -0.118. The van der Waals surface area contributed by atoms with Crippen LogP contribution in [0.3, 0.4) is 0 Å². The molecule has 17 heavy (non-hydrogen) atoms. The first-order valence-electron chi connectivity index (χ1n) is 5.80. The zero-order valence-corrected chi connectivity index (χ0v) is 10.9. The molecule has 1 aromatic rings. The predicted octanol–water partition coefficient (Wildman–Crippen LogP) is 1.51. The quantitative estimate of drug-likeness (QED) is 0.800. The van der Waals surface area contributed by atoms with Crippen molar-refractivity contribution in [2.75, 3.05) is 17.3 Å². The van der Waals surface area contributed by atoms with Gasteiger partial charge in [-0.1, -0.05) is 13.8 Å². The van der Waals surface area contributed by atoms with E-state index in [4.69, 9.17) is 0 Å². The van der Waals surface area contributed by atoms with Gasteiger partial charge in [0.1, 0.15) is 17.6 Å². The number of hydrogen-bond acceptors (Lipinski definition) is 4. The minimum Gasteiger partial charge on any atom is -0.346 e. The van der Waals surface area contributed by atoms with Crippen molar-refractivity contribution in [3.8, 4) is 0 Å². The Morgan fingerprint density at radius 2 is 1.94 bits per heavy atom. The summed E-state index contributed by atoms with van der Waals surface area (Å²) >= 11 is 0. The Kier molecular flexibility index (Phi) is 2.77. The lowest BCUT2D eigenvalue weighted by atomic mass is 9.99. The largest absolute Gasteiger partial charge is 0.346 e. The minimum atomic E-state index is -0.170. The molecule has 1 aromatic heterocycles. The molecule has 2 heterocycles. The molecule has 92 valence electrons. The number of fused-ring (bicyclic) bond motifs is 1. The van der Waals surface area contributed by atoms with Gasteiger partial charge in [-0.3, -0.25) is 4.79 Å². The SMILES string of the molecule is Cc1nc(C)c2c(n1)N(C)[C@@H](C(C)C)C(=O)N2. The third-order valence-corrected chi connectivity index (χ3v) is 3.08. The van der Waals surface area contributed by atoms with Crippen LogP contribution in [0.15, 0.2) is 0 Å². The molecular weight excluding hydrogens is 216 g/mol. The van der Waals surface area contributed by atoms with E-state index < -0.39 is 0 Å². The van der Waals surface area contributed by atoms with Crippen LogP contribution in [-0.4, -0.2) is 29.0 Å². The van der Waals surface area contributed by atoms with Gasteiger partial charge >= 0.3 is 0 Å². The number of nitrogens with zero attached hydrogens (tertiary/aromatic N) is 3. The van der Waals surface area contributed by atoms with Crippen molar-refractivity contribution in [3.63, 3.8) is 0 Å². The van der Waals surface area contributed by atoms with Crippen LogP contribution in [0.1, 0.15) is 25.4 Å². The summed E-state index contributed by atoms with van der Waals surface area (Å²) < 4.78 is 0. The van der Waals surface area contributed by atoms with E-state index in [-0.39, 0.29) is 17.9 Å². The van der Waals surface area contributed by atoms with Crippen LogP contribution in [0.2, 0.25) is 0 Å². The number of likely N-dealkylation sites (N-methyl/N-ethyl adjacent to an activating group) is 1. The second-order valence-electron chi connectivity index (χ2n) is 4.84. The first kappa shape index (κ1) is 11.8. The number of aryl methyl sites for hydroxylation is 2. The molecule has 0 aliphatic carbocycles. The third kappa shape index (κ3) is 1.85. The van der Waals surface area contributed by atoms with Crippen LogP contribution in [-0.2, 0) is 4.79 Å². The molecule has 0 spiro atoms.